The predicted octanol–water partition coefficient (Wildman–Crippen LogP) is 4.07. The fraction of sp³-hybridized carbons (Fsp3) is 0.214. The quantitative estimate of drug-likeness (QED) is 0.922. The molecule has 0 amide bonds. The van der Waals surface area contributed by atoms with Gasteiger partial charge in [0.05, 0.1) is 0 Å². The third kappa shape index (κ3) is 3.30. The first kappa shape index (κ1) is 12.1. The topological polar surface area (TPSA) is 24.9 Å². The van der Waals surface area contributed by atoms with E-state index in [1.807, 2.05) is 12.3 Å². The van der Waals surface area contributed by atoms with Gasteiger partial charge in [-0.25, -0.2) is 4.98 Å². The normalized spacial score (nSPS) is 10.3. The first-order valence-corrected chi connectivity index (χ1v) is 6.36. The Bertz CT molecular complexity index is 506. The molecule has 0 aliphatic rings. The van der Waals surface area contributed by atoms with Gasteiger partial charge in [-0.05, 0) is 47.0 Å². The Morgan fingerprint density at radius 3 is 2.53 bits per heavy atom. The number of hydrogen-bond donors (Lipinski definition) is 1. The molecular formula is C14H15BrN2. The number of halogens is 1. The molecular weight excluding hydrogens is 276 g/mol. The molecule has 1 aromatic heterocycles. The Morgan fingerprint density at radius 2 is 1.88 bits per heavy atom. The summed E-state index contributed by atoms with van der Waals surface area (Å²) in [5.74, 6) is 0.909. The van der Waals surface area contributed by atoms with E-state index in [4.69, 9.17) is 0 Å². The van der Waals surface area contributed by atoms with Gasteiger partial charge in [-0.1, -0.05) is 29.8 Å². The van der Waals surface area contributed by atoms with E-state index in [2.05, 4.69) is 64.3 Å². The molecule has 0 unspecified atom stereocenters. The van der Waals surface area contributed by atoms with Crippen LogP contribution in [0.5, 0.6) is 0 Å². The summed E-state index contributed by atoms with van der Waals surface area (Å²) in [6.07, 6.45) is 1.83. The molecule has 1 N–H and O–H groups in total. The van der Waals surface area contributed by atoms with Crippen molar-refractivity contribution >= 4 is 21.7 Å². The summed E-state index contributed by atoms with van der Waals surface area (Å²) in [5, 5.41) is 3.32. The van der Waals surface area contributed by atoms with Gasteiger partial charge in [0.2, 0.25) is 0 Å². The van der Waals surface area contributed by atoms with E-state index in [9.17, 15) is 0 Å². The van der Waals surface area contributed by atoms with Gasteiger partial charge < -0.3 is 5.32 Å². The molecule has 0 spiro atoms. The highest BCUT2D eigenvalue weighted by molar-refractivity contribution is 9.10. The van der Waals surface area contributed by atoms with Crippen LogP contribution in [0.1, 0.15) is 16.7 Å². The van der Waals surface area contributed by atoms with Gasteiger partial charge in [-0.3, -0.25) is 0 Å². The van der Waals surface area contributed by atoms with Crippen LogP contribution in [0.4, 0.5) is 5.82 Å². The molecule has 0 fully saturated rings. The lowest BCUT2D eigenvalue weighted by atomic mass is 10.1. The van der Waals surface area contributed by atoms with Gasteiger partial charge in [0.25, 0.3) is 0 Å². The molecule has 3 heteroatoms. The van der Waals surface area contributed by atoms with Crippen molar-refractivity contribution in [1.82, 2.24) is 4.98 Å². The zero-order valence-electron chi connectivity index (χ0n) is 10.00. The lowest BCUT2D eigenvalue weighted by Crippen LogP contribution is -2.01. The lowest BCUT2D eigenvalue weighted by molar-refractivity contribution is 1.10. The van der Waals surface area contributed by atoms with E-state index >= 15 is 0 Å². The highest BCUT2D eigenvalue weighted by atomic mass is 79.9. The second kappa shape index (κ2) is 5.32. The molecule has 2 nitrogen and oxygen atoms in total. The van der Waals surface area contributed by atoms with Crippen LogP contribution >= 0.6 is 15.9 Å². The number of hydrogen-bond acceptors (Lipinski definition) is 2. The first-order chi connectivity index (χ1) is 8.15. The Labute approximate surface area is 110 Å². The van der Waals surface area contributed by atoms with E-state index in [1.165, 1.54) is 16.7 Å². The van der Waals surface area contributed by atoms with Crippen LogP contribution in [0.3, 0.4) is 0 Å². The number of rotatable bonds is 3. The van der Waals surface area contributed by atoms with Crippen molar-refractivity contribution in [3.05, 3.63) is 57.7 Å². The van der Waals surface area contributed by atoms with Crippen molar-refractivity contribution in [1.29, 1.82) is 0 Å². The first-order valence-electron chi connectivity index (χ1n) is 5.57. The summed E-state index contributed by atoms with van der Waals surface area (Å²) >= 11 is 3.44. The molecule has 0 aliphatic heterocycles. The average Bonchev–Trinajstić information content (AvgIpc) is 2.33. The number of benzene rings is 1. The minimum Gasteiger partial charge on any atom is -0.366 e. The molecule has 1 aromatic carbocycles. The number of pyridine rings is 1. The Balaban J connectivity index is 2.02. The molecule has 88 valence electrons. The van der Waals surface area contributed by atoms with Crippen LogP contribution in [-0.2, 0) is 6.54 Å². The van der Waals surface area contributed by atoms with Crippen LogP contribution < -0.4 is 5.32 Å². The van der Waals surface area contributed by atoms with Crippen molar-refractivity contribution in [3.8, 4) is 0 Å². The molecule has 1 heterocycles. The van der Waals surface area contributed by atoms with Gasteiger partial charge in [0.15, 0.2) is 0 Å². The van der Waals surface area contributed by atoms with Crippen LogP contribution in [-0.4, -0.2) is 4.98 Å². The molecule has 2 rings (SSSR count). The Hall–Kier alpha value is -1.35. The summed E-state index contributed by atoms with van der Waals surface area (Å²) in [6, 6.07) is 10.6. The number of aryl methyl sites for hydroxylation is 2. The van der Waals surface area contributed by atoms with E-state index in [0.29, 0.717) is 0 Å². The summed E-state index contributed by atoms with van der Waals surface area (Å²) in [6.45, 7) is 4.95. The molecule has 0 aliphatic carbocycles. The minimum atomic E-state index is 0.800. The second-order valence-corrected chi connectivity index (χ2v) is 5.01. The Kier molecular flexibility index (Phi) is 3.79. The highest BCUT2D eigenvalue weighted by Crippen LogP contribution is 2.17. The monoisotopic (exact) mass is 290 g/mol. The molecule has 0 bridgehead atoms. The molecule has 0 radical (unpaired) electrons. The number of nitrogens with one attached hydrogen (secondary N) is 1. The van der Waals surface area contributed by atoms with E-state index in [0.717, 1.165) is 16.8 Å². The van der Waals surface area contributed by atoms with Gasteiger partial charge in [-0.2, -0.15) is 0 Å². The van der Waals surface area contributed by atoms with Gasteiger partial charge in [-0.15, -0.1) is 0 Å². The van der Waals surface area contributed by atoms with Gasteiger partial charge in [0, 0.05) is 17.2 Å². The van der Waals surface area contributed by atoms with Crippen molar-refractivity contribution in [2.75, 3.05) is 5.32 Å². The summed E-state index contributed by atoms with van der Waals surface area (Å²) in [5.41, 5.74) is 3.73. The number of aromatic nitrogens is 1. The summed E-state index contributed by atoms with van der Waals surface area (Å²) in [7, 11) is 0. The molecule has 0 saturated heterocycles. The second-order valence-electron chi connectivity index (χ2n) is 4.16. The highest BCUT2D eigenvalue weighted by Gasteiger charge is 1.98. The zero-order valence-corrected chi connectivity index (χ0v) is 11.6. The van der Waals surface area contributed by atoms with E-state index < -0.39 is 0 Å². The van der Waals surface area contributed by atoms with Crippen molar-refractivity contribution < 1.29 is 0 Å². The lowest BCUT2D eigenvalue weighted by Gasteiger charge is -2.07. The van der Waals surface area contributed by atoms with Crippen LogP contribution in [0, 0.1) is 13.8 Å². The van der Waals surface area contributed by atoms with Crippen molar-refractivity contribution in [2.45, 2.75) is 20.4 Å². The smallest absolute Gasteiger partial charge is 0.126 e. The fourth-order valence-corrected chi connectivity index (χ4v) is 1.75. The van der Waals surface area contributed by atoms with Crippen molar-refractivity contribution in [3.63, 3.8) is 0 Å². The molecule has 17 heavy (non-hydrogen) atoms. The van der Waals surface area contributed by atoms with Crippen LogP contribution in [0.25, 0.3) is 0 Å². The zero-order chi connectivity index (χ0) is 12.3. The van der Waals surface area contributed by atoms with Crippen LogP contribution in [0.2, 0.25) is 0 Å². The standard InChI is InChI=1S/C14H15BrN2/c1-10-3-5-12(6-4-10)8-16-14-7-11(2)13(15)9-17-14/h3-7,9H,8H2,1-2H3,(H,16,17). The van der Waals surface area contributed by atoms with Gasteiger partial charge >= 0.3 is 0 Å². The number of nitrogens with zero attached hydrogens (tertiary/aromatic N) is 1. The maximum absolute atomic E-state index is 4.31. The third-order valence-corrected chi connectivity index (χ3v) is 3.47. The summed E-state index contributed by atoms with van der Waals surface area (Å²) < 4.78 is 1.04. The molecule has 0 saturated carbocycles. The summed E-state index contributed by atoms with van der Waals surface area (Å²) in [4.78, 5) is 4.31. The van der Waals surface area contributed by atoms with Gasteiger partial charge in [0.1, 0.15) is 5.82 Å². The Morgan fingerprint density at radius 1 is 1.18 bits per heavy atom. The number of anilines is 1. The molecule has 0 atom stereocenters. The van der Waals surface area contributed by atoms with Crippen LogP contribution in [0.15, 0.2) is 41.0 Å². The maximum atomic E-state index is 4.31. The van der Waals surface area contributed by atoms with E-state index in [-0.39, 0.29) is 0 Å². The maximum Gasteiger partial charge on any atom is 0.126 e. The largest absolute Gasteiger partial charge is 0.366 e. The molecule has 2 aromatic rings. The minimum absolute atomic E-state index is 0.800. The predicted molar refractivity (Wildman–Crippen MR) is 75.2 cm³/mol. The fourth-order valence-electron chi connectivity index (χ4n) is 1.53. The average molecular weight is 291 g/mol. The van der Waals surface area contributed by atoms with E-state index in [1.54, 1.807) is 0 Å². The SMILES string of the molecule is Cc1ccc(CNc2cc(C)c(Br)cn2)cc1. The van der Waals surface area contributed by atoms with Crippen molar-refractivity contribution in [2.24, 2.45) is 0 Å². The third-order valence-electron chi connectivity index (χ3n) is 2.64.